The fraction of sp³-hybridized carbons (Fsp3) is 0.533. The van der Waals surface area contributed by atoms with Gasteiger partial charge in [-0.1, -0.05) is 44.5 Å². The zero-order valence-corrected chi connectivity index (χ0v) is 11.5. The predicted octanol–water partition coefficient (Wildman–Crippen LogP) is 2.89. The van der Waals surface area contributed by atoms with Crippen LogP contribution in [-0.2, 0) is 12.8 Å². The largest absolute Gasteiger partial charge is 0.338 e. The molecule has 0 heterocycles. The highest BCUT2D eigenvalue weighted by Gasteiger charge is 1.98. The highest BCUT2D eigenvalue weighted by Crippen LogP contribution is 2.06. The molecule has 0 aliphatic rings. The standard InChI is InChI=1S/C15H24N2O/c1-3-5-13-6-8-14(9-7-13)10-12-17-15(18)16-11-4-2/h6-9H,3-5,10-12H2,1-2H3,(H2,16,17,18). The van der Waals surface area contributed by atoms with E-state index in [1.54, 1.807) is 0 Å². The summed E-state index contributed by atoms with van der Waals surface area (Å²) in [7, 11) is 0. The first-order valence-corrected chi connectivity index (χ1v) is 6.85. The van der Waals surface area contributed by atoms with E-state index in [4.69, 9.17) is 0 Å². The molecule has 18 heavy (non-hydrogen) atoms. The summed E-state index contributed by atoms with van der Waals surface area (Å²) in [4.78, 5) is 11.3. The molecule has 100 valence electrons. The van der Waals surface area contributed by atoms with Crippen LogP contribution < -0.4 is 10.6 Å². The SMILES string of the molecule is CCCNC(=O)NCCc1ccc(CCC)cc1. The summed E-state index contributed by atoms with van der Waals surface area (Å²) in [5.74, 6) is 0. The number of hydrogen-bond acceptors (Lipinski definition) is 1. The molecule has 0 bridgehead atoms. The van der Waals surface area contributed by atoms with Gasteiger partial charge in [0.25, 0.3) is 0 Å². The minimum Gasteiger partial charge on any atom is -0.338 e. The summed E-state index contributed by atoms with van der Waals surface area (Å²) in [6, 6.07) is 8.58. The van der Waals surface area contributed by atoms with Crippen LogP contribution in [0.25, 0.3) is 0 Å². The molecule has 3 nitrogen and oxygen atoms in total. The van der Waals surface area contributed by atoms with Crippen molar-refractivity contribution in [3.8, 4) is 0 Å². The van der Waals surface area contributed by atoms with E-state index in [-0.39, 0.29) is 6.03 Å². The van der Waals surface area contributed by atoms with Gasteiger partial charge in [0.2, 0.25) is 0 Å². The van der Waals surface area contributed by atoms with Crippen molar-refractivity contribution < 1.29 is 4.79 Å². The number of benzene rings is 1. The Morgan fingerprint density at radius 2 is 1.44 bits per heavy atom. The molecule has 0 aromatic heterocycles. The quantitative estimate of drug-likeness (QED) is 0.765. The zero-order chi connectivity index (χ0) is 13.2. The Morgan fingerprint density at radius 3 is 2.00 bits per heavy atom. The molecule has 0 aliphatic carbocycles. The van der Waals surface area contributed by atoms with E-state index in [9.17, 15) is 4.79 Å². The summed E-state index contributed by atoms with van der Waals surface area (Å²) in [5, 5.41) is 5.65. The topological polar surface area (TPSA) is 41.1 Å². The minimum absolute atomic E-state index is 0.0700. The Balaban J connectivity index is 2.24. The first-order chi connectivity index (χ1) is 8.76. The molecule has 2 amide bonds. The average Bonchev–Trinajstić information content (AvgIpc) is 2.39. The smallest absolute Gasteiger partial charge is 0.314 e. The molecule has 0 unspecified atom stereocenters. The lowest BCUT2D eigenvalue weighted by Gasteiger charge is -2.07. The summed E-state index contributed by atoms with van der Waals surface area (Å²) >= 11 is 0. The number of hydrogen-bond donors (Lipinski definition) is 2. The molecule has 3 heteroatoms. The van der Waals surface area contributed by atoms with Crippen LogP contribution in [0.3, 0.4) is 0 Å². The van der Waals surface area contributed by atoms with Gasteiger partial charge in [0.05, 0.1) is 0 Å². The third-order valence-corrected chi connectivity index (χ3v) is 2.80. The van der Waals surface area contributed by atoms with Crippen LogP contribution in [0.2, 0.25) is 0 Å². The van der Waals surface area contributed by atoms with E-state index in [1.165, 1.54) is 17.5 Å². The number of nitrogens with one attached hydrogen (secondary N) is 2. The second-order valence-electron chi connectivity index (χ2n) is 4.50. The minimum atomic E-state index is -0.0700. The van der Waals surface area contributed by atoms with Gasteiger partial charge in [0, 0.05) is 13.1 Å². The normalized spacial score (nSPS) is 10.1. The molecule has 1 rings (SSSR count). The second-order valence-corrected chi connectivity index (χ2v) is 4.50. The van der Waals surface area contributed by atoms with Gasteiger partial charge in [-0.15, -0.1) is 0 Å². The highest BCUT2D eigenvalue weighted by atomic mass is 16.2. The number of rotatable bonds is 7. The number of aryl methyl sites for hydroxylation is 1. The van der Waals surface area contributed by atoms with Crippen molar-refractivity contribution in [1.82, 2.24) is 10.6 Å². The molecule has 1 aromatic carbocycles. The maximum absolute atomic E-state index is 11.3. The van der Waals surface area contributed by atoms with E-state index in [1.807, 2.05) is 6.92 Å². The van der Waals surface area contributed by atoms with Crippen LogP contribution >= 0.6 is 0 Å². The Kier molecular flexibility index (Phi) is 6.92. The molecule has 2 N–H and O–H groups in total. The Labute approximate surface area is 110 Å². The number of carbonyl (C=O) groups is 1. The van der Waals surface area contributed by atoms with Crippen molar-refractivity contribution in [1.29, 1.82) is 0 Å². The molecule has 0 atom stereocenters. The highest BCUT2D eigenvalue weighted by molar-refractivity contribution is 5.73. The molecule has 0 aliphatic heterocycles. The summed E-state index contributed by atoms with van der Waals surface area (Å²) in [6.45, 7) is 5.64. The third kappa shape index (κ3) is 5.71. The van der Waals surface area contributed by atoms with Crippen LogP contribution in [0.15, 0.2) is 24.3 Å². The lowest BCUT2D eigenvalue weighted by atomic mass is 10.1. The molecular formula is C15H24N2O. The van der Waals surface area contributed by atoms with Crippen LogP contribution in [-0.4, -0.2) is 19.1 Å². The molecule has 0 radical (unpaired) electrons. The average molecular weight is 248 g/mol. The first kappa shape index (κ1) is 14.6. The summed E-state index contributed by atoms with van der Waals surface area (Å²) in [5.41, 5.74) is 2.65. The monoisotopic (exact) mass is 248 g/mol. The summed E-state index contributed by atoms with van der Waals surface area (Å²) < 4.78 is 0. The molecule has 0 saturated carbocycles. The number of amides is 2. The Hall–Kier alpha value is -1.51. The summed E-state index contributed by atoms with van der Waals surface area (Å²) in [6.07, 6.45) is 4.16. The van der Waals surface area contributed by atoms with Crippen LogP contribution in [0.1, 0.15) is 37.8 Å². The molecular weight excluding hydrogens is 224 g/mol. The Morgan fingerprint density at radius 1 is 0.889 bits per heavy atom. The maximum atomic E-state index is 11.3. The van der Waals surface area contributed by atoms with E-state index < -0.39 is 0 Å². The van der Waals surface area contributed by atoms with E-state index in [2.05, 4.69) is 41.8 Å². The van der Waals surface area contributed by atoms with Crippen molar-refractivity contribution >= 4 is 6.03 Å². The van der Waals surface area contributed by atoms with Gasteiger partial charge < -0.3 is 10.6 Å². The number of urea groups is 1. The molecule has 0 fully saturated rings. The number of carbonyl (C=O) groups excluding carboxylic acids is 1. The fourth-order valence-corrected chi connectivity index (χ4v) is 1.78. The van der Waals surface area contributed by atoms with Crippen molar-refractivity contribution in [2.45, 2.75) is 39.5 Å². The zero-order valence-electron chi connectivity index (χ0n) is 11.5. The third-order valence-electron chi connectivity index (χ3n) is 2.80. The van der Waals surface area contributed by atoms with Gasteiger partial charge in [0.15, 0.2) is 0 Å². The molecule has 0 saturated heterocycles. The first-order valence-electron chi connectivity index (χ1n) is 6.85. The lowest BCUT2D eigenvalue weighted by molar-refractivity contribution is 0.241. The Bertz CT molecular complexity index is 346. The van der Waals surface area contributed by atoms with Crippen molar-refractivity contribution in [2.24, 2.45) is 0 Å². The fourth-order valence-electron chi connectivity index (χ4n) is 1.78. The van der Waals surface area contributed by atoms with Crippen molar-refractivity contribution in [3.05, 3.63) is 35.4 Å². The maximum Gasteiger partial charge on any atom is 0.314 e. The predicted molar refractivity (Wildman–Crippen MR) is 75.8 cm³/mol. The van der Waals surface area contributed by atoms with Gasteiger partial charge >= 0.3 is 6.03 Å². The molecule has 1 aromatic rings. The van der Waals surface area contributed by atoms with Crippen molar-refractivity contribution in [2.75, 3.05) is 13.1 Å². The van der Waals surface area contributed by atoms with E-state index in [0.29, 0.717) is 6.54 Å². The van der Waals surface area contributed by atoms with Gasteiger partial charge in [-0.2, -0.15) is 0 Å². The van der Waals surface area contributed by atoms with Crippen LogP contribution in [0, 0.1) is 0 Å². The van der Waals surface area contributed by atoms with Gasteiger partial charge in [0.1, 0.15) is 0 Å². The molecule has 0 spiro atoms. The van der Waals surface area contributed by atoms with Crippen LogP contribution in [0.4, 0.5) is 4.79 Å². The lowest BCUT2D eigenvalue weighted by Crippen LogP contribution is -2.36. The van der Waals surface area contributed by atoms with Gasteiger partial charge in [-0.05, 0) is 30.4 Å². The second kappa shape index (κ2) is 8.56. The van der Waals surface area contributed by atoms with Crippen molar-refractivity contribution in [3.63, 3.8) is 0 Å². The van der Waals surface area contributed by atoms with E-state index in [0.717, 1.165) is 25.8 Å². The van der Waals surface area contributed by atoms with Gasteiger partial charge in [-0.25, -0.2) is 4.79 Å². The van der Waals surface area contributed by atoms with E-state index >= 15 is 0 Å². The van der Waals surface area contributed by atoms with Crippen LogP contribution in [0.5, 0.6) is 0 Å². The van der Waals surface area contributed by atoms with Gasteiger partial charge in [-0.3, -0.25) is 0 Å².